The van der Waals surface area contributed by atoms with E-state index in [1.54, 1.807) is 18.2 Å². The second-order valence-corrected chi connectivity index (χ2v) is 9.28. The molecule has 0 unspecified atom stereocenters. The predicted molar refractivity (Wildman–Crippen MR) is 150 cm³/mol. The maximum absolute atomic E-state index is 13.1. The second kappa shape index (κ2) is 11.8. The molecule has 0 aliphatic heterocycles. The average molecular weight is 607 g/mol. The highest BCUT2D eigenvalue weighted by atomic mass is 79.9. The predicted octanol–water partition coefficient (Wildman–Crippen LogP) is 6.94. The van der Waals surface area contributed by atoms with Crippen LogP contribution in [0.5, 0.6) is 11.5 Å². The number of amides is 1. The summed E-state index contributed by atoms with van der Waals surface area (Å²) in [6, 6.07) is 21.2. The largest absolute Gasteiger partial charge is 0.493 e. The summed E-state index contributed by atoms with van der Waals surface area (Å²) in [6.45, 7) is 0. The molecule has 4 aromatic carbocycles. The van der Waals surface area contributed by atoms with Gasteiger partial charge in [0.25, 0.3) is 11.6 Å². The van der Waals surface area contributed by atoms with Gasteiger partial charge in [-0.3, -0.25) is 14.9 Å². The molecule has 194 valence electrons. The first-order valence-electron chi connectivity index (χ1n) is 11.2. The van der Waals surface area contributed by atoms with Gasteiger partial charge in [-0.1, -0.05) is 48.0 Å². The molecule has 0 heterocycles. The van der Waals surface area contributed by atoms with Crippen LogP contribution in [-0.4, -0.2) is 23.9 Å². The van der Waals surface area contributed by atoms with Gasteiger partial charge < -0.3 is 14.8 Å². The van der Waals surface area contributed by atoms with Crippen molar-refractivity contribution >= 4 is 67.6 Å². The number of esters is 1. The molecule has 0 atom stereocenters. The smallest absolute Gasteiger partial charge is 0.344 e. The van der Waals surface area contributed by atoms with Crippen LogP contribution < -0.4 is 14.8 Å². The number of ether oxygens (including phenoxy) is 2. The first-order valence-corrected chi connectivity index (χ1v) is 12.3. The van der Waals surface area contributed by atoms with Gasteiger partial charge in [0.15, 0.2) is 11.5 Å². The molecule has 9 nitrogen and oxygen atoms in total. The lowest BCUT2D eigenvalue weighted by Gasteiger charge is -2.13. The quantitative estimate of drug-likeness (QED) is 0.0602. The van der Waals surface area contributed by atoms with Crippen molar-refractivity contribution in [2.45, 2.75) is 0 Å². The second-order valence-electron chi connectivity index (χ2n) is 7.99. The third-order valence-electron chi connectivity index (χ3n) is 5.54. The standard InChI is InChI=1S/C28H17BrClN3O6/c1-38-25-13-16(11-18(15-31)27(34)32-23-10-9-19(30)14-24(23)33(36)37)12-22(29)26(25)39-28(35)21-8-4-6-17-5-2-3-7-20(17)21/h2-14H,1H3,(H,32,34). The van der Waals surface area contributed by atoms with Crippen LogP contribution >= 0.6 is 27.5 Å². The fourth-order valence-electron chi connectivity index (χ4n) is 3.74. The van der Waals surface area contributed by atoms with Gasteiger partial charge in [-0.2, -0.15) is 5.26 Å². The van der Waals surface area contributed by atoms with Crippen molar-refractivity contribution < 1.29 is 24.0 Å². The van der Waals surface area contributed by atoms with Gasteiger partial charge >= 0.3 is 5.97 Å². The van der Waals surface area contributed by atoms with E-state index in [2.05, 4.69) is 21.2 Å². The van der Waals surface area contributed by atoms with E-state index in [0.29, 0.717) is 15.6 Å². The lowest BCUT2D eigenvalue weighted by molar-refractivity contribution is -0.383. The maximum atomic E-state index is 13.1. The number of nitriles is 1. The normalized spacial score (nSPS) is 11.0. The number of nitro groups is 1. The minimum Gasteiger partial charge on any atom is -0.493 e. The number of nitrogens with zero attached hydrogens (tertiary/aromatic N) is 2. The molecule has 1 N–H and O–H groups in total. The Morgan fingerprint density at radius 2 is 1.85 bits per heavy atom. The third kappa shape index (κ3) is 6.06. The number of fused-ring (bicyclic) bond motifs is 1. The lowest BCUT2D eigenvalue weighted by Crippen LogP contribution is -2.14. The fraction of sp³-hybridized carbons (Fsp3) is 0.0357. The fourth-order valence-corrected chi connectivity index (χ4v) is 4.45. The van der Waals surface area contributed by atoms with Crippen LogP contribution in [0.3, 0.4) is 0 Å². The summed E-state index contributed by atoms with van der Waals surface area (Å²) in [5.74, 6) is -1.21. The number of methoxy groups -OCH3 is 1. The number of nitrogens with one attached hydrogen (secondary N) is 1. The van der Waals surface area contributed by atoms with Gasteiger partial charge in [-0.15, -0.1) is 0 Å². The SMILES string of the molecule is COc1cc(C=C(C#N)C(=O)Nc2ccc(Cl)cc2[N+](=O)[O-])cc(Br)c1OC(=O)c1cccc2ccccc12. The van der Waals surface area contributed by atoms with Crippen molar-refractivity contribution in [1.82, 2.24) is 0 Å². The van der Waals surface area contributed by atoms with Crippen LogP contribution in [0.4, 0.5) is 11.4 Å². The molecule has 4 rings (SSSR count). The van der Waals surface area contributed by atoms with Crippen LogP contribution in [-0.2, 0) is 4.79 Å². The molecule has 0 aliphatic rings. The van der Waals surface area contributed by atoms with E-state index in [-0.39, 0.29) is 27.8 Å². The zero-order chi connectivity index (χ0) is 28.1. The summed E-state index contributed by atoms with van der Waals surface area (Å²) in [4.78, 5) is 36.4. The zero-order valence-corrected chi connectivity index (χ0v) is 22.4. The number of hydrogen-bond donors (Lipinski definition) is 1. The van der Waals surface area contributed by atoms with Crippen LogP contribution in [0.25, 0.3) is 16.8 Å². The molecule has 0 saturated carbocycles. The van der Waals surface area contributed by atoms with Gasteiger partial charge in [0, 0.05) is 11.1 Å². The van der Waals surface area contributed by atoms with E-state index in [9.17, 15) is 25.0 Å². The topological polar surface area (TPSA) is 132 Å². The van der Waals surface area contributed by atoms with Crippen LogP contribution in [0, 0.1) is 21.4 Å². The number of carbonyl (C=O) groups is 2. The zero-order valence-electron chi connectivity index (χ0n) is 20.1. The number of hydrogen-bond acceptors (Lipinski definition) is 7. The molecule has 0 bridgehead atoms. The van der Waals surface area contributed by atoms with E-state index in [1.165, 1.54) is 37.5 Å². The Bertz CT molecular complexity index is 1710. The summed E-state index contributed by atoms with van der Waals surface area (Å²) >= 11 is 9.18. The van der Waals surface area contributed by atoms with Gasteiger partial charge in [0.1, 0.15) is 17.3 Å². The Hall–Kier alpha value is -4.72. The van der Waals surface area contributed by atoms with Crippen molar-refractivity contribution in [1.29, 1.82) is 5.26 Å². The summed E-state index contributed by atoms with van der Waals surface area (Å²) < 4.78 is 11.4. The van der Waals surface area contributed by atoms with Crippen molar-refractivity contribution in [3.05, 3.63) is 109 Å². The molecule has 0 aliphatic carbocycles. The Morgan fingerprint density at radius 1 is 1.10 bits per heavy atom. The highest BCUT2D eigenvalue weighted by Gasteiger charge is 2.21. The Balaban J connectivity index is 1.62. The van der Waals surface area contributed by atoms with Crippen molar-refractivity contribution in [3.8, 4) is 17.6 Å². The van der Waals surface area contributed by atoms with E-state index in [4.69, 9.17) is 21.1 Å². The molecule has 11 heteroatoms. The lowest BCUT2D eigenvalue weighted by atomic mass is 10.0. The molecule has 0 aromatic heterocycles. The van der Waals surface area contributed by atoms with E-state index in [0.717, 1.165) is 16.8 Å². The van der Waals surface area contributed by atoms with Crippen LogP contribution in [0.2, 0.25) is 5.02 Å². The number of halogens is 2. The van der Waals surface area contributed by atoms with E-state index in [1.807, 2.05) is 30.3 Å². The minimum absolute atomic E-state index is 0.104. The molecule has 0 saturated heterocycles. The Labute approximate surface area is 235 Å². The van der Waals surface area contributed by atoms with Crippen molar-refractivity contribution in [2.24, 2.45) is 0 Å². The summed E-state index contributed by atoms with van der Waals surface area (Å²) in [5.41, 5.74) is -0.152. The van der Waals surface area contributed by atoms with Crippen LogP contribution in [0.15, 0.2) is 82.8 Å². The van der Waals surface area contributed by atoms with Crippen LogP contribution in [0.1, 0.15) is 15.9 Å². The number of benzene rings is 4. The van der Waals surface area contributed by atoms with Gasteiger partial charge in [0.2, 0.25) is 0 Å². The number of carbonyl (C=O) groups excluding carboxylic acids is 2. The molecule has 1 amide bonds. The monoisotopic (exact) mass is 605 g/mol. The molecular formula is C28H17BrClN3O6. The van der Waals surface area contributed by atoms with Gasteiger partial charge in [-0.05, 0) is 68.7 Å². The van der Waals surface area contributed by atoms with E-state index < -0.39 is 22.5 Å². The number of rotatable bonds is 7. The first-order chi connectivity index (χ1) is 18.7. The maximum Gasteiger partial charge on any atom is 0.344 e. The van der Waals surface area contributed by atoms with Gasteiger partial charge in [0.05, 0.1) is 22.1 Å². The Kier molecular flexibility index (Phi) is 8.24. The summed E-state index contributed by atoms with van der Waals surface area (Å²) in [7, 11) is 1.38. The van der Waals surface area contributed by atoms with Crippen molar-refractivity contribution in [3.63, 3.8) is 0 Å². The Morgan fingerprint density at radius 3 is 2.56 bits per heavy atom. The number of anilines is 1. The first kappa shape index (κ1) is 27.3. The third-order valence-corrected chi connectivity index (χ3v) is 6.36. The van der Waals surface area contributed by atoms with Gasteiger partial charge in [-0.25, -0.2) is 4.79 Å². The highest BCUT2D eigenvalue weighted by Crippen LogP contribution is 2.38. The molecule has 0 spiro atoms. The highest BCUT2D eigenvalue weighted by molar-refractivity contribution is 9.10. The average Bonchev–Trinajstić information content (AvgIpc) is 2.93. The summed E-state index contributed by atoms with van der Waals surface area (Å²) in [6.07, 6.45) is 1.26. The molecule has 4 aromatic rings. The molecule has 0 fully saturated rings. The van der Waals surface area contributed by atoms with Crippen molar-refractivity contribution in [2.75, 3.05) is 12.4 Å². The molecule has 39 heavy (non-hydrogen) atoms. The summed E-state index contributed by atoms with van der Waals surface area (Å²) in [5, 5.41) is 25.0. The number of nitro benzene ring substituents is 1. The molecule has 0 radical (unpaired) electrons. The van der Waals surface area contributed by atoms with E-state index >= 15 is 0 Å². The molecular weight excluding hydrogens is 590 g/mol. The minimum atomic E-state index is -0.871.